The van der Waals surface area contributed by atoms with Crippen LogP contribution in [-0.2, 0) is 11.2 Å². The van der Waals surface area contributed by atoms with Crippen LogP contribution >= 0.6 is 0 Å². The maximum atomic E-state index is 13.8. The van der Waals surface area contributed by atoms with Crippen LogP contribution in [0.5, 0.6) is 5.75 Å². The molecule has 0 saturated carbocycles. The number of imide groups is 1. The summed E-state index contributed by atoms with van der Waals surface area (Å²) in [7, 11) is 1.30. The van der Waals surface area contributed by atoms with Crippen molar-refractivity contribution in [2.75, 3.05) is 20.3 Å². The third kappa shape index (κ3) is 4.56. The summed E-state index contributed by atoms with van der Waals surface area (Å²) in [4.78, 5) is 51.3. The highest BCUT2D eigenvalue weighted by atomic mass is 19.1. The van der Waals surface area contributed by atoms with Gasteiger partial charge in [0.05, 0.1) is 23.8 Å². The molecule has 0 saturated heterocycles. The van der Waals surface area contributed by atoms with Crippen LogP contribution in [0.15, 0.2) is 66.7 Å². The topological polar surface area (TPSA) is 90.0 Å². The van der Waals surface area contributed by atoms with Gasteiger partial charge in [0.1, 0.15) is 0 Å². The normalized spacial score (nSPS) is 12.5. The zero-order chi connectivity index (χ0) is 24.2. The number of ether oxygens (including phenoxy) is 2. The SMILES string of the molecule is COc1ccc(C(=O)COC(=O)c2ccc3c(c2)C(=O)N(CCc2ccccc2)C3=O)cc1F. The molecule has 8 heteroatoms. The fourth-order valence-corrected chi connectivity index (χ4v) is 3.64. The van der Waals surface area contributed by atoms with Crippen molar-refractivity contribution in [1.29, 1.82) is 0 Å². The highest BCUT2D eigenvalue weighted by Crippen LogP contribution is 2.25. The maximum Gasteiger partial charge on any atom is 0.338 e. The molecule has 1 heterocycles. The van der Waals surface area contributed by atoms with Crippen molar-refractivity contribution in [2.24, 2.45) is 0 Å². The lowest BCUT2D eigenvalue weighted by molar-refractivity contribution is 0.0474. The van der Waals surface area contributed by atoms with E-state index in [1.165, 1.54) is 37.4 Å². The third-order valence-electron chi connectivity index (χ3n) is 5.48. The minimum atomic E-state index is -0.840. The van der Waals surface area contributed by atoms with Gasteiger partial charge in [-0.25, -0.2) is 9.18 Å². The number of amides is 2. The van der Waals surface area contributed by atoms with Gasteiger partial charge in [-0.05, 0) is 48.4 Å². The summed E-state index contributed by atoms with van der Waals surface area (Å²) >= 11 is 0. The van der Waals surface area contributed by atoms with E-state index in [9.17, 15) is 23.6 Å². The van der Waals surface area contributed by atoms with E-state index >= 15 is 0 Å². The average Bonchev–Trinajstić information content (AvgIpc) is 3.10. The molecule has 3 aromatic carbocycles. The molecule has 3 aromatic rings. The molecule has 172 valence electrons. The average molecular weight is 461 g/mol. The monoisotopic (exact) mass is 461 g/mol. The van der Waals surface area contributed by atoms with Crippen LogP contribution in [0.1, 0.15) is 47.0 Å². The highest BCUT2D eigenvalue weighted by Gasteiger charge is 2.35. The minimum Gasteiger partial charge on any atom is -0.494 e. The third-order valence-corrected chi connectivity index (χ3v) is 5.48. The first-order valence-corrected chi connectivity index (χ1v) is 10.5. The number of Topliss-reactive ketones (excluding diaryl/α,β-unsaturated/α-hetero) is 1. The van der Waals surface area contributed by atoms with Gasteiger partial charge in [-0.1, -0.05) is 30.3 Å². The molecule has 34 heavy (non-hydrogen) atoms. The lowest BCUT2D eigenvalue weighted by Crippen LogP contribution is -2.31. The molecule has 0 unspecified atom stereocenters. The van der Waals surface area contributed by atoms with Gasteiger partial charge >= 0.3 is 5.97 Å². The zero-order valence-electron chi connectivity index (χ0n) is 18.2. The van der Waals surface area contributed by atoms with Crippen molar-refractivity contribution < 1.29 is 33.0 Å². The maximum absolute atomic E-state index is 13.8. The predicted octanol–water partition coefficient (Wildman–Crippen LogP) is 3.71. The Morgan fingerprint density at radius 1 is 0.882 bits per heavy atom. The molecular formula is C26H20FNO6. The van der Waals surface area contributed by atoms with Gasteiger partial charge in [0.2, 0.25) is 0 Å². The van der Waals surface area contributed by atoms with Crippen molar-refractivity contribution >= 4 is 23.6 Å². The van der Waals surface area contributed by atoms with Crippen molar-refractivity contribution in [3.8, 4) is 5.75 Å². The van der Waals surface area contributed by atoms with Crippen LogP contribution in [0, 0.1) is 5.82 Å². The first-order chi connectivity index (χ1) is 16.4. The number of benzene rings is 3. The molecular weight excluding hydrogens is 441 g/mol. The standard InChI is InChI=1S/C26H20FNO6/c1-33-23-10-8-17(14-21(23)27)22(29)15-34-26(32)18-7-9-19-20(13-18)25(31)28(24(19)30)12-11-16-5-3-2-4-6-16/h2-10,13-14H,11-12,15H2,1H3. The van der Waals surface area contributed by atoms with E-state index in [-0.39, 0.29) is 34.5 Å². The Morgan fingerprint density at radius 3 is 2.29 bits per heavy atom. The van der Waals surface area contributed by atoms with Gasteiger partial charge in [-0.2, -0.15) is 0 Å². The molecule has 7 nitrogen and oxygen atoms in total. The molecule has 0 bridgehead atoms. The Bertz CT molecular complexity index is 1290. The number of halogens is 1. The Labute approximate surface area is 194 Å². The van der Waals surface area contributed by atoms with Crippen molar-refractivity contribution in [3.63, 3.8) is 0 Å². The lowest BCUT2D eigenvalue weighted by atomic mass is 10.1. The smallest absolute Gasteiger partial charge is 0.338 e. The molecule has 0 aromatic heterocycles. The van der Waals surface area contributed by atoms with Crippen molar-refractivity contribution in [1.82, 2.24) is 4.90 Å². The van der Waals surface area contributed by atoms with E-state index in [1.54, 1.807) is 0 Å². The molecule has 0 aliphatic carbocycles. The predicted molar refractivity (Wildman–Crippen MR) is 120 cm³/mol. The van der Waals surface area contributed by atoms with E-state index in [1.807, 2.05) is 30.3 Å². The Morgan fingerprint density at radius 2 is 1.59 bits per heavy atom. The fourth-order valence-electron chi connectivity index (χ4n) is 3.64. The zero-order valence-corrected chi connectivity index (χ0v) is 18.2. The van der Waals surface area contributed by atoms with Gasteiger partial charge in [-0.3, -0.25) is 19.3 Å². The summed E-state index contributed by atoms with van der Waals surface area (Å²) in [6, 6.07) is 17.2. The van der Waals surface area contributed by atoms with E-state index in [0.717, 1.165) is 16.5 Å². The molecule has 1 aliphatic heterocycles. The molecule has 0 atom stereocenters. The van der Waals surface area contributed by atoms with Crippen LogP contribution in [0.2, 0.25) is 0 Å². The number of carbonyl (C=O) groups is 4. The molecule has 0 fully saturated rings. The largest absolute Gasteiger partial charge is 0.494 e. The number of methoxy groups -OCH3 is 1. The van der Waals surface area contributed by atoms with Crippen LogP contribution in [0.25, 0.3) is 0 Å². The first-order valence-electron chi connectivity index (χ1n) is 10.5. The minimum absolute atomic E-state index is 0.0105. The van der Waals surface area contributed by atoms with E-state index in [2.05, 4.69) is 0 Å². The van der Waals surface area contributed by atoms with E-state index in [0.29, 0.717) is 6.42 Å². The van der Waals surface area contributed by atoms with Crippen molar-refractivity contribution in [3.05, 3.63) is 100 Å². The molecule has 2 amide bonds. The van der Waals surface area contributed by atoms with Gasteiger partial charge < -0.3 is 9.47 Å². The second-order valence-corrected chi connectivity index (χ2v) is 7.61. The van der Waals surface area contributed by atoms with Gasteiger partial charge in [-0.15, -0.1) is 0 Å². The van der Waals surface area contributed by atoms with Gasteiger partial charge in [0.15, 0.2) is 24.0 Å². The van der Waals surface area contributed by atoms with Crippen LogP contribution in [-0.4, -0.2) is 48.7 Å². The highest BCUT2D eigenvalue weighted by molar-refractivity contribution is 6.22. The second-order valence-electron chi connectivity index (χ2n) is 7.61. The molecule has 1 aliphatic rings. The quantitative estimate of drug-likeness (QED) is 0.289. The number of carbonyl (C=O) groups excluding carboxylic acids is 4. The molecule has 0 spiro atoms. The number of ketones is 1. The van der Waals surface area contributed by atoms with E-state index in [4.69, 9.17) is 9.47 Å². The molecule has 0 radical (unpaired) electrons. The van der Waals surface area contributed by atoms with Gasteiger partial charge in [0.25, 0.3) is 11.8 Å². The summed E-state index contributed by atoms with van der Waals surface area (Å²) in [6.45, 7) is -0.402. The molecule has 0 N–H and O–H groups in total. The fraction of sp³-hybridized carbons (Fsp3) is 0.154. The Hall–Kier alpha value is -4.33. The Kier molecular flexibility index (Phi) is 6.49. The van der Waals surface area contributed by atoms with Crippen LogP contribution < -0.4 is 4.74 Å². The second kappa shape index (κ2) is 9.66. The summed E-state index contributed by atoms with van der Waals surface area (Å²) in [5.41, 5.74) is 1.36. The number of nitrogens with zero attached hydrogens (tertiary/aromatic N) is 1. The van der Waals surface area contributed by atoms with Crippen LogP contribution in [0.4, 0.5) is 4.39 Å². The van der Waals surface area contributed by atoms with E-state index < -0.39 is 36.0 Å². The number of hydrogen-bond acceptors (Lipinski definition) is 6. The number of rotatable bonds is 8. The molecule has 4 rings (SSSR count). The van der Waals surface area contributed by atoms with Gasteiger partial charge in [0, 0.05) is 12.1 Å². The summed E-state index contributed by atoms with van der Waals surface area (Å²) < 4.78 is 23.7. The van der Waals surface area contributed by atoms with Crippen molar-refractivity contribution in [2.45, 2.75) is 6.42 Å². The van der Waals surface area contributed by atoms with Crippen LogP contribution in [0.3, 0.4) is 0 Å². The first kappa shape index (κ1) is 22.8. The number of hydrogen-bond donors (Lipinski definition) is 0. The summed E-state index contributed by atoms with van der Waals surface area (Å²) in [5.74, 6) is -3.08. The number of esters is 1. The number of fused-ring (bicyclic) bond motifs is 1. The lowest BCUT2D eigenvalue weighted by Gasteiger charge is -2.13. The Balaban J connectivity index is 1.41. The summed E-state index contributed by atoms with van der Waals surface area (Å²) in [6.07, 6.45) is 0.509. The summed E-state index contributed by atoms with van der Waals surface area (Å²) in [5, 5.41) is 0.